The maximum Gasteiger partial charge on any atom is 0.132 e. The number of halogens is 1. The Morgan fingerprint density at radius 3 is 2.00 bits per heavy atom. The van der Waals surface area contributed by atoms with E-state index in [4.69, 9.17) is 0 Å². The fraction of sp³-hybridized carbons (Fsp3) is 0.125. The maximum atomic E-state index is 9.99. The van der Waals surface area contributed by atoms with Gasteiger partial charge in [-0.2, -0.15) is 0 Å². The van der Waals surface area contributed by atoms with E-state index in [-0.39, 0.29) is 38.0 Å². The predicted octanol–water partition coefficient (Wildman–Crippen LogP) is -1.53. The maximum absolute atomic E-state index is 9.99. The summed E-state index contributed by atoms with van der Waals surface area (Å²) in [6, 6.07) is 0. The summed E-state index contributed by atoms with van der Waals surface area (Å²) in [6.45, 7) is 1.98. The van der Waals surface area contributed by atoms with Gasteiger partial charge in [-0.05, 0) is 12.2 Å². The Balaban J connectivity index is 0. The van der Waals surface area contributed by atoms with Crippen LogP contribution in [0.2, 0.25) is 0 Å². The third kappa shape index (κ3) is 4.52. The van der Waals surface area contributed by atoms with Crippen molar-refractivity contribution in [2.45, 2.75) is 6.92 Å². The van der Waals surface area contributed by atoms with Gasteiger partial charge in [0, 0.05) is 27.0 Å². The van der Waals surface area contributed by atoms with Crippen molar-refractivity contribution in [3.63, 3.8) is 0 Å². The second-order valence-electron chi connectivity index (χ2n) is 1.97. The minimum absolute atomic E-state index is 0. The second-order valence-corrected chi connectivity index (χ2v) is 1.97. The Bertz CT molecular complexity index is 198. The molecule has 0 aliphatic heterocycles. The standard InChI is InChI=1S/C8H7O.BrH.Pt/c1-7-2-4-8(6-9)5-3-7;;/h2-5H,1H3;1H;/p-1. The third-order valence-corrected chi connectivity index (χ3v) is 1.17. The second kappa shape index (κ2) is 6.79. The Labute approximate surface area is 91.3 Å². The average molecular weight is 394 g/mol. The zero-order chi connectivity index (χ0) is 6.69. The van der Waals surface area contributed by atoms with E-state index in [0.717, 1.165) is 5.92 Å². The van der Waals surface area contributed by atoms with Crippen LogP contribution in [0.1, 0.15) is 6.92 Å². The van der Waals surface area contributed by atoms with Crippen LogP contribution < -0.4 is 17.0 Å². The first kappa shape index (κ1) is 13.7. The molecule has 0 saturated heterocycles. The van der Waals surface area contributed by atoms with Crippen LogP contribution in [0.3, 0.4) is 0 Å². The van der Waals surface area contributed by atoms with E-state index < -0.39 is 0 Å². The van der Waals surface area contributed by atoms with Crippen LogP contribution >= 0.6 is 0 Å². The van der Waals surface area contributed by atoms with Gasteiger partial charge in [0.05, 0.1) is 5.57 Å². The number of allylic oxidation sites excluding steroid dienone is 5. The Morgan fingerprint density at radius 2 is 1.64 bits per heavy atom. The van der Waals surface area contributed by atoms with Crippen molar-refractivity contribution in [2.75, 3.05) is 0 Å². The van der Waals surface area contributed by atoms with Crippen LogP contribution in [-0.2, 0) is 25.9 Å². The fourth-order valence-electron chi connectivity index (χ4n) is 0.622. The molecular weight excluding hydrogens is 387 g/mol. The summed E-state index contributed by atoms with van der Waals surface area (Å²) in [4.78, 5) is 9.99. The first-order valence-electron chi connectivity index (χ1n) is 2.78. The van der Waals surface area contributed by atoms with Gasteiger partial charge in [0.25, 0.3) is 0 Å². The van der Waals surface area contributed by atoms with E-state index in [2.05, 4.69) is 0 Å². The molecule has 0 fully saturated rings. The summed E-state index contributed by atoms with van der Waals surface area (Å²) in [5.74, 6) is 2.97. The molecule has 0 aromatic heterocycles. The molecule has 0 atom stereocenters. The molecule has 1 aliphatic rings. The predicted molar refractivity (Wildman–Crippen MR) is 36.4 cm³/mol. The summed E-state index contributed by atoms with van der Waals surface area (Å²) in [6.07, 6.45) is 7.28. The molecule has 63 valence electrons. The van der Waals surface area contributed by atoms with Crippen molar-refractivity contribution in [1.29, 1.82) is 0 Å². The van der Waals surface area contributed by atoms with Gasteiger partial charge in [0.2, 0.25) is 0 Å². The van der Waals surface area contributed by atoms with Gasteiger partial charge in [-0.25, -0.2) is 4.79 Å². The molecule has 0 aromatic carbocycles. The van der Waals surface area contributed by atoms with Crippen molar-refractivity contribution < 1.29 is 42.8 Å². The Morgan fingerprint density at radius 1 is 1.18 bits per heavy atom. The zero-order valence-electron chi connectivity index (χ0n) is 5.91. The van der Waals surface area contributed by atoms with Gasteiger partial charge < -0.3 is 17.0 Å². The Kier molecular flexibility index (Phi) is 8.44. The first-order valence-corrected chi connectivity index (χ1v) is 2.78. The molecule has 0 unspecified atom stereocenters. The van der Waals surface area contributed by atoms with Gasteiger partial charge in [-0.1, -0.05) is 19.1 Å². The summed E-state index contributed by atoms with van der Waals surface area (Å²) in [5, 5.41) is 0. The Hall–Kier alpha value is 0.0983. The number of hydrogen-bond donors (Lipinski definition) is 0. The van der Waals surface area contributed by atoms with Crippen LogP contribution in [0.4, 0.5) is 0 Å². The van der Waals surface area contributed by atoms with Crippen molar-refractivity contribution in [3.05, 3.63) is 35.8 Å². The average Bonchev–Trinajstić information content (AvgIpc) is 1.90. The quantitative estimate of drug-likeness (QED) is 0.456. The van der Waals surface area contributed by atoms with Gasteiger partial charge >= 0.3 is 0 Å². The third-order valence-electron chi connectivity index (χ3n) is 1.17. The number of carbonyl (C=O) groups excluding carboxylic acids is 1. The molecule has 3 heteroatoms. The molecule has 0 bridgehead atoms. The van der Waals surface area contributed by atoms with Gasteiger partial charge in [0.1, 0.15) is 5.94 Å². The van der Waals surface area contributed by atoms with Gasteiger partial charge in [-0.15, -0.1) is 0 Å². The van der Waals surface area contributed by atoms with Crippen LogP contribution in [0.5, 0.6) is 0 Å². The minimum Gasteiger partial charge on any atom is -1.00 e. The van der Waals surface area contributed by atoms with Crippen molar-refractivity contribution in [1.82, 2.24) is 0 Å². The molecule has 0 spiro atoms. The molecule has 0 heterocycles. The van der Waals surface area contributed by atoms with E-state index in [1.54, 1.807) is 18.1 Å². The summed E-state index contributed by atoms with van der Waals surface area (Å²) in [7, 11) is 0. The van der Waals surface area contributed by atoms with Crippen LogP contribution in [0, 0.1) is 5.92 Å². The summed E-state index contributed by atoms with van der Waals surface area (Å²) >= 11 is 0. The SMILES string of the molecule is C[C]1C=CC(=C=O)C=C1.[Br-].[Pt]. The minimum atomic E-state index is 0. The topological polar surface area (TPSA) is 17.1 Å². The molecule has 11 heavy (non-hydrogen) atoms. The van der Waals surface area contributed by atoms with Crippen LogP contribution in [0.15, 0.2) is 29.9 Å². The fourth-order valence-corrected chi connectivity index (χ4v) is 0.622. The van der Waals surface area contributed by atoms with Crippen molar-refractivity contribution in [2.24, 2.45) is 0 Å². The van der Waals surface area contributed by atoms with Gasteiger partial charge in [0.15, 0.2) is 0 Å². The number of rotatable bonds is 0. The summed E-state index contributed by atoms with van der Waals surface area (Å²) < 4.78 is 0. The van der Waals surface area contributed by atoms with Crippen LogP contribution in [0.25, 0.3) is 0 Å². The van der Waals surface area contributed by atoms with E-state index in [9.17, 15) is 4.79 Å². The van der Waals surface area contributed by atoms with E-state index in [1.165, 1.54) is 0 Å². The molecule has 0 saturated carbocycles. The smallest absolute Gasteiger partial charge is 0.132 e. The normalized spacial score (nSPS) is 14.8. The molecule has 1 aliphatic carbocycles. The molecule has 1 radical (unpaired) electrons. The largest absolute Gasteiger partial charge is 1.00 e. The molecule has 1 nitrogen and oxygen atoms in total. The van der Waals surface area contributed by atoms with Gasteiger partial charge in [-0.3, -0.25) is 0 Å². The first-order chi connectivity index (χ1) is 4.33. The summed E-state index contributed by atoms with van der Waals surface area (Å²) in [5.41, 5.74) is 0.612. The van der Waals surface area contributed by atoms with E-state index >= 15 is 0 Å². The number of hydrogen-bond acceptors (Lipinski definition) is 1. The molecule has 0 N–H and O–H groups in total. The molecule has 0 amide bonds. The van der Waals surface area contributed by atoms with Crippen molar-refractivity contribution >= 4 is 5.94 Å². The van der Waals surface area contributed by atoms with Crippen LogP contribution in [-0.4, -0.2) is 5.94 Å². The van der Waals surface area contributed by atoms with Crippen molar-refractivity contribution in [3.8, 4) is 0 Å². The van der Waals surface area contributed by atoms with E-state index in [1.807, 2.05) is 19.1 Å². The van der Waals surface area contributed by atoms with E-state index in [0.29, 0.717) is 5.57 Å². The molecule has 0 aromatic rings. The molecular formula is C8H7BrOPt-. The molecule has 1 rings (SSSR count). The zero-order valence-corrected chi connectivity index (χ0v) is 9.77. The monoisotopic (exact) mass is 393 g/mol.